The molecule has 26 heavy (non-hydrogen) atoms. The van der Waals surface area contributed by atoms with Crippen molar-refractivity contribution in [3.05, 3.63) is 59.1 Å². The fourth-order valence-electron chi connectivity index (χ4n) is 2.71. The van der Waals surface area contributed by atoms with Crippen LogP contribution in [-0.2, 0) is 13.1 Å². The Morgan fingerprint density at radius 1 is 1.15 bits per heavy atom. The van der Waals surface area contributed by atoms with E-state index in [0.29, 0.717) is 19.0 Å². The molecule has 8 nitrogen and oxygen atoms in total. The van der Waals surface area contributed by atoms with Gasteiger partial charge in [-0.2, -0.15) is 0 Å². The van der Waals surface area contributed by atoms with Crippen molar-refractivity contribution >= 4 is 5.96 Å². The molecule has 3 aromatic rings. The van der Waals surface area contributed by atoms with Gasteiger partial charge in [-0.15, -0.1) is 0 Å². The molecule has 3 aromatic heterocycles. The molecule has 136 valence electrons. The number of guanidine groups is 1. The van der Waals surface area contributed by atoms with Gasteiger partial charge in [0, 0.05) is 49.9 Å². The van der Waals surface area contributed by atoms with Gasteiger partial charge in [0.05, 0.1) is 5.69 Å². The quantitative estimate of drug-likeness (QED) is 0.539. The highest BCUT2D eigenvalue weighted by molar-refractivity contribution is 5.79. The molecule has 0 saturated heterocycles. The second-order valence-electron chi connectivity index (χ2n) is 5.91. The molecule has 3 rings (SSSR count). The molecule has 0 aliphatic heterocycles. The highest BCUT2D eigenvalue weighted by Crippen LogP contribution is 2.13. The SMILES string of the molecule is CN=C(NCc1cccnc1-n1ccnc1C)NCc1c(C)noc1C. The number of hydrogen-bond acceptors (Lipinski definition) is 5. The number of imidazole rings is 1. The normalized spacial score (nSPS) is 11.6. The van der Waals surface area contributed by atoms with E-state index in [1.54, 1.807) is 19.4 Å². The average molecular weight is 353 g/mol. The molecule has 0 saturated carbocycles. The molecule has 0 radical (unpaired) electrons. The van der Waals surface area contributed by atoms with Gasteiger partial charge < -0.3 is 15.2 Å². The van der Waals surface area contributed by atoms with Crippen LogP contribution >= 0.6 is 0 Å². The zero-order valence-electron chi connectivity index (χ0n) is 15.4. The summed E-state index contributed by atoms with van der Waals surface area (Å²) >= 11 is 0. The molecule has 3 heterocycles. The lowest BCUT2D eigenvalue weighted by Crippen LogP contribution is -2.36. The molecular formula is C18H23N7O. The fraction of sp³-hybridized carbons (Fsp3) is 0.333. The first-order valence-corrected chi connectivity index (χ1v) is 8.40. The number of aliphatic imine (C=N–C) groups is 1. The number of rotatable bonds is 5. The van der Waals surface area contributed by atoms with Crippen LogP contribution in [0.3, 0.4) is 0 Å². The van der Waals surface area contributed by atoms with Crippen molar-refractivity contribution in [3.63, 3.8) is 0 Å². The van der Waals surface area contributed by atoms with Gasteiger partial charge in [-0.25, -0.2) is 9.97 Å². The summed E-state index contributed by atoms with van der Waals surface area (Å²) in [7, 11) is 1.74. The largest absolute Gasteiger partial charge is 0.361 e. The molecule has 0 amide bonds. The van der Waals surface area contributed by atoms with Crippen molar-refractivity contribution in [2.75, 3.05) is 7.05 Å². The van der Waals surface area contributed by atoms with Crippen LogP contribution in [0.2, 0.25) is 0 Å². The first-order valence-electron chi connectivity index (χ1n) is 8.40. The minimum atomic E-state index is 0.585. The van der Waals surface area contributed by atoms with Gasteiger partial charge in [-0.1, -0.05) is 11.2 Å². The van der Waals surface area contributed by atoms with E-state index in [9.17, 15) is 0 Å². The van der Waals surface area contributed by atoms with Gasteiger partial charge >= 0.3 is 0 Å². The second-order valence-corrected chi connectivity index (χ2v) is 5.91. The summed E-state index contributed by atoms with van der Waals surface area (Å²) in [5.74, 6) is 3.26. The van der Waals surface area contributed by atoms with Crippen LogP contribution in [0.15, 0.2) is 40.2 Å². The van der Waals surface area contributed by atoms with E-state index in [4.69, 9.17) is 4.52 Å². The Balaban J connectivity index is 1.67. The van der Waals surface area contributed by atoms with Crippen molar-refractivity contribution in [2.45, 2.75) is 33.9 Å². The van der Waals surface area contributed by atoms with E-state index in [1.165, 1.54) is 0 Å². The number of pyridine rings is 1. The summed E-state index contributed by atoms with van der Waals surface area (Å²) in [4.78, 5) is 13.0. The lowest BCUT2D eigenvalue weighted by atomic mass is 10.2. The van der Waals surface area contributed by atoms with E-state index < -0.39 is 0 Å². The van der Waals surface area contributed by atoms with Crippen molar-refractivity contribution in [3.8, 4) is 5.82 Å². The van der Waals surface area contributed by atoms with E-state index in [0.717, 1.165) is 34.2 Å². The maximum absolute atomic E-state index is 5.19. The van der Waals surface area contributed by atoms with E-state index in [2.05, 4.69) is 30.8 Å². The first-order chi connectivity index (χ1) is 12.6. The number of nitrogens with one attached hydrogen (secondary N) is 2. The van der Waals surface area contributed by atoms with Crippen LogP contribution in [0, 0.1) is 20.8 Å². The molecule has 0 aliphatic carbocycles. The van der Waals surface area contributed by atoms with Gasteiger partial charge in [0.15, 0.2) is 5.96 Å². The molecule has 0 atom stereocenters. The molecule has 2 N–H and O–H groups in total. The zero-order chi connectivity index (χ0) is 18.5. The lowest BCUT2D eigenvalue weighted by Gasteiger charge is -2.14. The Kier molecular flexibility index (Phi) is 5.31. The Morgan fingerprint density at radius 3 is 2.62 bits per heavy atom. The average Bonchev–Trinajstić information content (AvgIpc) is 3.21. The van der Waals surface area contributed by atoms with E-state index in [-0.39, 0.29) is 0 Å². The van der Waals surface area contributed by atoms with Gasteiger partial charge in [0.1, 0.15) is 17.4 Å². The van der Waals surface area contributed by atoms with Gasteiger partial charge in [0.25, 0.3) is 0 Å². The summed E-state index contributed by atoms with van der Waals surface area (Å²) in [5.41, 5.74) is 2.98. The zero-order valence-corrected chi connectivity index (χ0v) is 15.4. The molecule has 8 heteroatoms. The smallest absolute Gasteiger partial charge is 0.191 e. The highest BCUT2D eigenvalue weighted by atomic mass is 16.5. The number of hydrogen-bond donors (Lipinski definition) is 2. The summed E-state index contributed by atoms with van der Waals surface area (Å²) in [6.07, 6.45) is 5.46. The highest BCUT2D eigenvalue weighted by Gasteiger charge is 2.11. The summed E-state index contributed by atoms with van der Waals surface area (Å²) in [6, 6.07) is 3.96. The maximum atomic E-state index is 5.19. The summed E-state index contributed by atoms with van der Waals surface area (Å²) in [6.45, 7) is 6.97. The fourth-order valence-corrected chi connectivity index (χ4v) is 2.71. The van der Waals surface area contributed by atoms with Crippen LogP contribution in [0.5, 0.6) is 0 Å². The minimum Gasteiger partial charge on any atom is -0.361 e. The van der Waals surface area contributed by atoms with Crippen LogP contribution in [-0.4, -0.2) is 32.7 Å². The molecule has 0 spiro atoms. The number of aromatic nitrogens is 4. The number of aryl methyl sites for hydroxylation is 3. The van der Waals surface area contributed by atoms with Crippen molar-refractivity contribution in [1.29, 1.82) is 0 Å². The van der Waals surface area contributed by atoms with Crippen LogP contribution < -0.4 is 10.6 Å². The monoisotopic (exact) mass is 353 g/mol. The first kappa shape index (κ1) is 17.7. The van der Waals surface area contributed by atoms with Crippen LogP contribution in [0.25, 0.3) is 5.82 Å². The van der Waals surface area contributed by atoms with Crippen molar-refractivity contribution in [2.24, 2.45) is 4.99 Å². The third kappa shape index (κ3) is 3.74. The third-order valence-electron chi connectivity index (χ3n) is 4.21. The molecular weight excluding hydrogens is 330 g/mol. The standard InChI is InChI=1S/C18H23N7O/c1-12-16(13(2)26-24-12)11-23-18(19-4)22-10-15-6-5-7-21-17(15)25-9-8-20-14(25)3/h5-9H,10-11H2,1-4H3,(H2,19,22,23). The Bertz CT molecular complexity index is 890. The van der Waals surface area contributed by atoms with Gasteiger partial charge in [-0.05, 0) is 26.8 Å². The Labute approximate surface area is 152 Å². The molecule has 0 aliphatic rings. The van der Waals surface area contributed by atoms with E-state index >= 15 is 0 Å². The van der Waals surface area contributed by atoms with Gasteiger partial charge in [0.2, 0.25) is 0 Å². The summed E-state index contributed by atoms with van der Waals surface area (Å²) in [5, 5.41) is 10.6. The Morgan fingerprint density at radius 2 is 1.96 bits per heavy atom. The van der Waals surface area contributed by atoms with Crippen molar-refractivity contribution < 1.29 is 4.52 Å². The number of nitrogens with zero attached hydrogens (tertiary/aromatic N) is 5. The van der Waals surface area contributed by atoms with E-state index in [1.807, 2.05) is 43.7 Å². The van der Waals surface area contributed by atoms with Gasteiger partial charge in [-0.3, -0.25) is 9.56 Å². The summed E-state index contributed by atoms with van der Waals surface area (Å²) < 4.78 is 7.16. The Hall–Kier alpha value is -3.16. The molecule has 0 bridgehead atoms. The molecule has 0 fully saturated rings. The third-order valence-corrected chi connectivity index (χ3v) is 4.21. The predicted octanol–water partition coefficient (Wildman–Crippen LogP) is 2.05. The molecule has 0 unspecified atom stereocenters. The lowest BCUT2D eigenvalue weighted by molar-refractivity contribution is 0.392. The second kappa shape index (κ2) is 7.81. The van der Waals surface area contributed by atoms with Crippen LogP contribution in [0.4, 0.5) is 0 Å². The molecule has 0 aromatic carbocycles. The van der Waals surface area contributed by atoms with Crippen LogP contribution in [0.1, 0.15) is 28.4 Å². The predicted molar refractivity (Wildman–Crippen MR) is 99.1 cm³/mol. The minimum absolute atomic E-state index is 0.585. The van der Waals surface area contributed by atoms with Crippen molar-refractivity contribution in [1.82, 2.24) is 30.3 Å². The maximum Gasteiger partial charge on any atom is 0.191 e. The topological polar surface area (TPSA) is 93.2 Å².